The lowest BCUT2D eigenvalue weighted by Gasteiger charge is -2.28. The number of benzene rings is 6. The Balaban J connectivity index is 1.30. The molecule has 1 aliphatic carbocycles. The van der Waals surface area contributed by atoms with E-state index in [2.05, 4.69) is 145 Å². The lowest BCUT2D eigenvalue weighted by atomic mass is 9.78. The van der Waals surface area contributed by atoms with Gasteiger partial charge in [0.25, 0.3) is 0 Å². The summed E-state index contributed by atoms with van der Waals surface area (Å²) < 4.78 is 1.22. The molecule has 2 aliphatic rings. The van der Waals surface area contributed by atoms with Gasteiger partial charge in [-0.3, -0.25) is 0 Å². The largest absolute Gasteiger partial charge is 0.357 e. The molecule has 2 heterocycles. The summed E-state index contributed by atoms with van der Waals surface area (Å²) in [6.45, 7) is 0. The van der Waals surface area contributed by atoms with E-state index >= 15 is 0 Å². The SMILES string of the molecule is CN1c2ccccc2SC1c1ccccc1-c1c2c(c(-c3ccccc3-c3nc4ccccc4s3)c3ccccc13)CCC=C2. The Bertz CT molecular complexity index is 2260. The van der Waals surface area contributed by atoms with Crippen LogP contribution in [-0.2, 0) is 6.42 Å². The number of thiazole rings is 1. The van der Waals surface area contributed by atoms with Crippen LogP contribution in [0.3, 0.4) is 0 Å². The molecule has 216 valence electrons. The van der Waals surface area contributed by atoms with E-state index in [1.165, 1.54) is 70.6 Å². The first-order valence-electron chi connectivity index (χ1n) is 15.5. The average molecular weight is 615 g/mol. The fourth-order valence-electron chi connectivity index (χ4n) is 7.24. The predicted molar refractivity (Wildman–Crippen MR) is 194 cm³/mol. The summed E-state index contributed by atoms with van der Waals surface area (Å²) in [4.78, 5) is 8.88. The zero-order valence-corrected chi connectivity index (χ0v) is 26.5. The number of rotatable bonds is 4. The molecule has 0 spiro atoms. The standard InChI is InChI=1S/C41H30N2S2/c1-43-35-23-11-13-25-37(35)45-41(43)33-21-9-7-19-31(33)39-28-16-4-2-14-26(28)38(27-15-3-5-17-29(27)39)30-18-6-8-20-32(30)40-42-34-22-10-12-24-36(34)44-40/h2,4-14,16-25,41H,3,15H2,1H3. The minimum Gasteiger partial charge on any atom is -0.357 e. The number of hydrogen-bond acceptors (Lipinski definition) is 4. The molecular weight excluding hydrogens is 585 g/mol. The molecule has 0 fully saturated rings. The molecule has 6 aromatic carbocycles. The topological polar surface area (TPSA) is 16.1 Å². The average Bonchev–Trinajstić information content (AvgIpc) is 3.68. The minimum atomic E-state index is 0.208. The molecule has 1 atom stereocenters. The molecule has 0 amide bonds. The second-order valence-corrected chi connectivity index (χ2v) is 13.9. The molecule has 7 aromatic rings. The van der Waals surface area contributed by atoms with Crippen LogP contribution >= 0.6 is 23.1 Å². The van der Waals surface area contributed by atoms with Gasteiger partial charge < -0.3 is 4.90 Å². The molecule has 4 heteroatoms. The van der Waals surface area contributed by atoms with Gasteiger partial charge in [-0.15, -0.1) is 11.3 Å². The summed E-state index contributed by atoms with van der Waals surface area (Å²) in [6, 6.07) is 44.2. The molecule has 0 bridgehead atoms. The van der Waals surface area contributed by atoms with Gasteiger partial charge in [0, 0.05) is 17.5 Å². The number of anilines is 1. The first kappa shape index (κ1) is 26.7. The van der Waals surface area contributed by atoms with E-state index in [0.717, 1.165) is 23.4 Å². The van der Waals surface area contributed by atoms with Gasteiger partial charge in [-0.05, 0) is 86.8 Å². The Morgan fingerprint density at radius 2 is 1.38 bits per heavy atom. The maximum absolute atomic E-state index is 5.10. The summed E-state index contributed by atoms with van der Waals surface area (Å²) in [5.41, 5.74) is 13.0. The molecule has 9 rings (SSSR count). The highest BCUT2D eigenvalue weighted by atomic mass is 32.2. The zero-order valence-electron chi connectivity index (χ0n) is 24.9. The number of thioether (sulfide) groups is 1. The Kier molecular flexibility index (Phi) is 6.39. The quantitative estimate of drug-likeness (QED) is 0.196. The van der Waals surface area contributed by atoms with Gasteiger partial charge in [0.15, 0.2) is 0 Å². The fourth-order valence-corrected chi connectivity index (χ4v) is 9.58. The van der Waals surface area contributed by atoms with Crippen molar-refractivity contribution < 1.29 is 0 Å². The molecule has 0 saturated heterocycles. The molecular formula is C41H30N2S2. The van der Waals surface area contributed by atoms with Crippen molar-refractivity contribution in [2.75, 3.05) is 11.9 Å². The summed E-state index contributed by atoms with van der Waals surface area (Å²) in [6.07, 6.45) is 6.80. The van der Waals surface area contributed by atoms with E-state index in [4.69, 9.17) is 4.98 Å². The number of hydrogen-bond donors (Lipinski definition) is 0. The monoisotopic (exact) mass is 614 g/mol. The normalized spacial score (nSPS) is 15.5. The first-order chi connectivity index (χ1) is 22.3. The van der Waals surface area contributed by atoms with Crippen molar-refractivity contribution in [2.24, 2.45) is 0 Å². The van der Waals surface area contributed by atoms with E-state index in [9.17, 15) is 0 Å². The number of nitrogens with zero attached hydrogens (tertiary/aromatic N) is 2. The van der Waals surface area contributed by atoms with Crippen LogP contribution in [0.5, 0.6) is 0 Å². The van der Waals surface area contributed by atoms with E-state index < -0.39 is 0 Å². The highest BCUT2D eigenvalue weighted by Gasteiger charge is 2.32. The van der Waals surface area contributed by atoms with Gasteiger partial charge in [-0.1, -0.05) is 121 Å². The Labute approximate surface area is 271 Å². The molecule has 0 N–H and O–H groups in total. The molecule has 1 unspecified atom stereocenters. The molecule has 1 aliphatic heterocycles. The number of aromatic nitrogens is 1. The number of fused-ring (bicyclic) bond motifs is 4. The number of allylic oxidation sites excluding steroid dienone is 1. The highest BCUT2D eigenvalue weighted by Crippen LogP contribution is 2.54. The van der Waals surface area contributed by atoms with E-state index in [1.54, 1.807) is 11.3 Å². The van der Waals surface area contributed by atoms with Gasteiger partial charge >= 0.3 is 0 Å². The maximum atomic E-state index is 5.10. The molecule has 1 aromatic heterocycles. The van der Waals surface area contributed by atoms with Crippen LogP contribution in [0.15, 0.2) is 132 Å². The fraction of sp³-hybridized carbons (Fsp3) is 0.0976. The first-order valence-corrected chi connectivity index (χ1v) is 17.2. The minimum absolute atomic E-state index is 0.208. The van der Waals surface area contributed by atoms with Crippen molar-refractivity contribution in [1.82, 2.24) is 4.98 Å². The maximum Gasteiger partial charge on any atom is 0.125 e. The smallest absolute Gasteiger partial charge is 0.125 e. The summed E-state index contributed by atoms with van der Waals surface area (Å²) in [5, 5.41) is 3.89. The van der Waals surface area contributed by atoms with E-state index in [-0.39, 0.29) is 5.37 Å². The second-order valence-electron chi connectivity index (χ2n) is 11.8. The van der Waals surface area contributed by atoms with E-state index in [0.29, 0.717) is 0 Å². The second kappa shape index (κ2) is 10.8. The van der Waals surface area contributed by atoms with Crippen LogP contribution in [0.25, 0.3) is 59.9 Å². The van der Waals surface area contributed by atoms with Crippen molar-refractivity contribution in [3.8, 4) is 32.8 Å². The van der Waals surface area contributed by atoms with Crippen molar-refractivity contribution in [2.45, 2.75) is 23.1 Å². The Morgan fingerprint density at radius 3 is 2.22 bits per heavy atom. The lowest BCUT2D eigenvalue weighted by Crippen LogP contribution is -2.18. The van der Waals surface area contributed by atoms with Crippen LogP contribution in [-0.4, -0.2) is 12.0 Å². The third-order valence-corrected chi connectivity index (χ3v) is 11.7. The third kappa shape index (κ3) is 4.28. The number of para-hydroxylation sites is 2. The third-order valence-electron chi connectivity index (χ3n) is 9.26. The summed E-state index contributed by atoms with van der Waals surface area (Å²) >= 11 is 3.73. The Morgan fingerprint density at radius 1 is 0.689 bits per heavy atom. The zero-order chi connectivity index (χ0) is 29.9. The van der Waals surface area contributed by atoms with Gasteiger partial charge in [-0.2, -0.15) is 0 Å². The molecule has 45 heavy (non-hydrogen) atoms. The summed E-state index contributed by atoms with van der Waals surface area (Å²) in [5.74, 6) is 0. The van der Waals surface area contributed by atoms with Crippen molar-refractivity contribution >= 4 is 55.9 Å². The van der Waals surface area contributed by atoms with Gasteiger partial charge in [0.1, 0.15) is 10.4 Å². The van der Waals surface area contributed by atoms with Gasteiger partial charge in [0.05, 0.1) is 15.9 Å². The van der Waals surface area contributed by atoms with Crippen LogP contribution < -0.4 is 4.90 Å². The predicted octanol–water partition coefficient (Wildman–Crippen LogP) is 11.7. The van der Waals surface area contributed by atoms with Crippen LogP contribution in [0.2, 0.25) is 0 Å². The lowest BCUT2D eigenvalue weighted by molar-refractivity contribution is 0.915. The highest BCUT2D eigenvalue weighted by molar-refractivity contribution is 8.00. The van der Waals surface area contributed by atoms with Crippen LogP contribution in [0.4, 0.5) is 5.69 Å². The molecule has 2 nitrogen and oxygen atoms in total. The molecule has 0 saturated carbocycles. The Hall–Kier alpha value is -4.64. The van der Waals surface area contributed by atoms with Crippen LogP contribution in [0.1, 0.15) is 28.5 Å². The van der Waals surface area contributed by atoms with E-state index in [1.807, 2.05) is 11.8 Å². The van der Waals surface area contributed by atoms with Crippen molar-refractivity contribution in [1.29, 1.82) is 0 Å². The van der Waals surface area contributed by atoms with Gasteiger partial charge in [0.2, 0.25) is 0 Å². The van der Waals surface area contributed by atoms with Crippen LogP contribution in [0, 0.1) is 0 Å². The summed E-state index contributed by atoms with van der Waals surface area (Å²) in [7, 11) is 2.23. The molecule has 0 radical (unpaired) electrons. The van der Waals surface area contributed by atoms with Crippen molar-refractivity contribution in [3.63, 3.8) is 0 Å². The van der Waals surface area contributed by atoms with Crippen molar-refractivity contribution in [3.05, 3.63) is 144 Å². The van der Waals surface area contributed by atoms with Gasteiger partial charge in [-0.25, -0.2) is 4.98 Å².